The van der Waals surface area contributed by atoms with Gasteiger partial charge in [0.25, 0.3) is 0 Å². The molecule has 3 aromatic rings. The molecule has 0 N–H and O–H groups in total. The molecule has 0 radical (unpaired) electrons. The molecule has 0 bridgehead atoms. The van der Waals surface area contributed by atoms with Crippen LogP contribution in [0.2, 0.25) is 0 Å². The van der Waals surface area contributed by atoms with Gasteiger partial charge < -0.3 is 9.80 Å². The predicted molar refractivity (Wildman–Crippen MR) is 130 cm³/mol. The average molecular weight is 467 g/mol. The first-order valence-electron chi connectivity index (χ1n) is 10.9. The second-order valence-corrected chi connectivity index (χ2v) is 10.0. The lowest BCUT2D eigenvalue weighted by Gasteiger charge is -2.29. The normalized spacial score (nSPS) is 14.1. The van der Waals surface area contributed by atoms with E-state index in [1.165, 1.54) is 4.88 Å². The zero-order valence-corrected chi connectivity index (χ0v) is 19.7. The zero-order valence-electron chi connectivity index (χ0n) is 18.1. The fourth-order valence-corrected chi connectivity index (χ4v) is 4.90. The summed E-state index contributed by atoms with van der Waals surface area (Å²) in [6, 6.07) is 23.5. The van der Waals surface area contributed by atoms with Crippen LogP contribution < -0.4 is 0 Å². The second kappa shape index (κ2) is 10.3. The fourth-order valence-electron chi connectivity index (χ4n) is 3.72. The topological polar surface area (TPSA) is 40.6 Å². The van der Waals surface area contributed by atoms with Gasteiger partial charge in [0, 0.05) is 22.3 Å². The lowest BCUT2D eigenvalue weighted by Crippen LogP contribution is -2.44. The van der Waals surface area contributed by atoms with Crippen LogP contribution in [0.3, 0.4) is 0 Å². The molecule has 0 saturated heterocycles. The van der Waals surface area contributed by atoms with Crippen LogP contribution in [-0.4, -0.2) is 34.2 Å². The minimum absolute atomic E-state index is 0.0523. The Balaban J connectivity index is 1.51. The maximum atomic E-state index is 13.5. The predicted octanol–water partition coefficient (Wildman–Crippen LogP) is 5.56. The van der Waals surface area contributed by atoms with E-state index in [1.807, 2.05) is 65.6 Å². The molecule has 1 unspecified atom stereocenters. The minimum atomic E-state index is -0.785. The molecule has 32 heavy (non-hydrogen) atoms. The van der Waals surface area contributed by atoms with Gasteiger partial charge in [0.15, 0.2) is 0 Å². The van der Waals surface area contributed by atoms with Crippen LogP contribution >= 0.6 is 22.9 Å². The van der Waals surface area contributed by atoms with Gasteiger partial charge in [-0.2, -0.15) is 0 Å². The fraction of sp³-hybridized carbons (Fsp3) is 0.308. The van der Waals surface area contributed by atoms with Gasteiger partial charge in [0.05, 0.1) is 6.54 Å². The molecule has 4 nitrogen and oxygen atoms in total. The highest BCUT2D eigenvalue weighted by Crippen LogP contribution is 2.32. The van der Waals surface area contributed by atoms with Crippen molar-refractivity contribution in [1.82, 2.24) is 9.80 Å². The van der Waals surface area contributed by atoms with Gasteiger partial charge in [-0.15, -0.1) is 22.9 Å². The Labute approximate surface area is 198 Å². The zero-order chi connectivity index (χ0) is 22.5. The summed E-state index contributed by atoms with van der Waals surface area (Å²) >= 11 is 8.23. The van der Waals surface area contributed by atoms with Crippen molar-refractivity contribution in [2.75, 3.05) is 6.54 Å². The number of halogens is 1. The first kappa shape index (κ1) is 22.6. The number of alkyl halides is 1. The third-order valence-electron chi connectivity index (χ3n) is 5.60. The van der Waals surface area contributed by atoms with E-state index >= 15 is 0 Å². The van der Waals surface area contributed by atoms with Crippen LogP contribution in [0.4, 0.5) is 0 Å². The second-order valence-electron chi connectivity index (χ2n) is 8.22. The maximum Gasteiger partial charge on any atom is 0.245 e. The van der Waals surface area contributed by atoms with Gasteiger partial charge in [-0.1, -0.05) is 60.7 Å². The number of nitrogens with zero attached hydrogens (tertiary/aromatic N) is 2. The smallest absolute Gasteiger partial charge is 0.245 e. The summed E-state index contributed by atoms with van der Waals surface area (Å²) in [5.74, 6) is -0.252. The summed E-state index contributed by atoms with van der Waals surface area (Å²) in [6.07, 6.45) is 1.83. The first-order chi connectivity index (χ1) is 15.5. The molecular weight excluding hydrogens is 440 g/mol. The molecule has 4 rings (SSSR count). The lowest BCUT2D eigenvalue weighted by molar-refractivity contribution is -0.141. The molecule has 0 aliphatic heterocycles. The minimum Gasteiger partial charge on any atom is -0.332 e. The van der Waals surface area contributed by atoms with E-state index in [-0.39, 0.29) is 24.4 Å². The van der Waals surface area contributed by atoms with Gasteiger partial charge in [-0.3, -0.25) is 9.59 Å². The van der Waals surface area contributed by atoms with Crippen molar-refractivity contribution in [1.29, 1.82) is 0 Å². The highest BCUT2D eigenvalue weighted by Gasteiger charge is 2.37. The number of amides is 2. The summed E-state index contributed by atoms with van der Waals surface area (Å²) in [5.41, 5.74) is 1.82. The van der Waals surface area contributed by atoms with E-state index in [4.69, 9.17) is 11.6 Å². The third kappa shape index (κ3) is 5.78. The van der Waals surface area contributed by atoms with Crippen molar-refractivity contribution in [2.45, 2.75) is 44.3 Å². The van der Waals surface area contributed by atoms with E-state index in [1.54, 1.807) is 16.2 Å². The maximum absolute atomic E-state index is 13.5. The molecule has 0 spiro atoms. The number of carbonyl (C=O) groups is 2. The molecule has 1 aliphatic rings. The van der Waals surface area contributed by atoms with Gasteiger partial charge in [-0.25, -0.2) is 0 Å². The summed E-state index contributed by atoms with van der Waals surface area (Å²) in [7, 11) is 0. The lowest BCUT2D eigenvalue weighted by atomic mass is 10.1. The summed E-state index contributed by atoms with van der Waals surface area (Å²) in [5, 5.41) is -0.785. The first-order valence-corrected chi connectivity index (χ1v) is 12.1. The van der Waals surface area contributed by atoms with Gasteiger partial charge >= 0.3 is 0 Å². The highest BCUT2D eigenvalue weighted by atomic mass is 35.5. The Morgan fingerprint density at radius 1 is 0.969 bits per heavy atom. The van der Waals surface area contributed by atoms with Crippen molar-refractivity contribution in [2.24, 2.45) is 0 Å². The van der Waals surface area contributed by atoms with Gasteiger partial charge in [0.2, 0.25) is 11.8 Å². The van der Waals surface area contributed by atoms with Crippen LogP contribution in [0.15, 0.2) is 72.8 Å². The Bertz CT molecular complexity index is 1050. The summed E-state index contributed by atoms with van der Waals surface area (Å²) in [6.45, 7) is 3.15. The van der Waals surface area contributed by atoms with Crippen LogP contribution in [0.25, 0.3) is 0 Å². The molecule has 6 heteroatoms. The molecular formula is C26H27ClN2O2S. The van der Waals surface area contributed by atoms with E-state index in [0.29, 0.717) is 13.1 Å². The van der Waals surface area contributed by atoms with E-state index in [2.05, 4.69) is 19.1 Å². The molecule has 166 valence electrons. The summed E-state index contributed by atoms with van der Waals surface area (Å²) in [4.78, 5) is 32.6. The number of hydrogen-bond acceptors (Lipinski definition) is 3. The van der Waals surface area contributed by atoms with Crippen molar-refractivity contribution < 1.29 is 9.59 Å². The molecule has 2 aromatic carbocycles. The summed E-state index contributed by atoms with van der Waals surface area (Å²) < 4.78 is 0. The van der Waals surface area contributed by atoms with Crippen LogP contribution in [-0.2, 0) is 22.7 Å². The largest absolute Gasteiger partial charge is 0.332 e. The molecule has 1 aliphatic carbocycles. The Hall–Kier alpha value is -2.63. The molecule has 2 amide bonds. The highest BCUT2D eigenvalue weighted by molar-refractivity contribution is 7.11. The SMILES string of the molecule is Cc1ccc(CN(Cc2ccccc2)C(=O)CN(C(=O)C(Cl)c2ccccc2)C2CC2)s1. The van der Waals surface area contributed by atoms with Crippen LogP contribution in [0, 0.1) is 6.92 Å². The Morgan fingerprint density at radius 2 is 1.62 bits per heavy atom. The van der Waals surface area contributed by atoms with Gasteiger partial charge in [0.1, 0.15) is 11.9 Å². The number of carbonyl (C=O) groups excluding carboxylic acids is 2. The quantitative estimate of drug-likeness (QED) is 0.387. The number of hydrogen-bond donors (Lipinski definition) is 0. The monoisotopic (exact) mass is 466 g/mol. The van der Waals surface area contributed by atoms with Crippen molar-refractivity contribution >= 4 is 34.8 Å². The molecule has 1 saturated carbocycles. The Kier molecular flexibility index (Phi) is 7.28. The van der Waals surface area contributed by atoms with Crippen molar-refractivity contribution in [3.63, 3.8) is 0 Å². The molecule has 1 heterocycles. The number of aryl methyl sites for hydroxylation is 1. The number of benzene rings is 2. The molecule has 1 atom stereocenters. The number of thiophene rings is 1. The van der Waals surface area contributed by atoms with Crippen molar-refractivity contribution in [3.05, 3.63) is 93.7 Å². The van der Waals surface area contributed by atoms with Crippen molar-refractivity contribution in [3.8, 4) is 0 Å². The third-order valence-corrected chi connectivity index (χ3v) is 7.02. The molecule has 1 aromatic heterocycles. The molecule has 1 fully saturated rings. The van der Waals surface area contributed by atoms with Gasteiger partial charge in [-0.05, 0) is 43.0 Å². The van der Waals surface area contributed by atoms with E-state index in [0.717, 1.165) is 28.8 Å². The number of rotatable bonds is 9. The van der Waals surface area contributed by atoms with E-state index in [9.17, 15) is 9.59 Å². The average Bonchev–Trinajstić information content (AvgIpc) is 3.58. The van der Waals surface area contributed by atoms with Crippen LogP contribution in [0.1, 0.15) is 39.1 Å². The standard InChI is InChI=1S/C26H27ClN2O2S/c1-19-12-15-23(32-19)17-28(16-20-8-4-2-5-9-20)24(30)18-29(22-13-14-22)26(31)25(27)21-10-6-3-7-11-21/h2-12,15,22,25H,13-14,16-18H2,1H3. The Morgan fingerprint density at radius 3 is 2.22 bits per heavy atom. The van der Waals surface area contributed by atoms with E-state index < -0.39 is 5.38 Å². The van der Waals surface area contributed by atoms with Crippen LogP contribution in [0.5, 0.6) is 0 Å².